The Morgan fingerprint density at radius 2 is 2.27 bits per heavy atom. The summed E-state index contributed by atoms with van der Waals surface area (Å²) in [6.07, 6.45) is 3.11. The number of hydrogen-bond acceptors (Lipinski definition) is 3. The zero-order valence-electron chi connectivity index (χ0n) is 9.69. The van der Waals surface area contributed by atoms with Crippen LogP contribution in [0.2, 0.25) is 0 Å². The average molecular weight is 225 g/mol. The van der Waals surface area contributed by atoms with E-state index in [1.807, 2.05) is 24.9 Å². The third-order valence-electron chi connectivity index (χ3n) is 2.27. The van der Waals surface area contributed by atoms with Crippen LogP contribution in [-0.2, 0) is 10.5 Å². The summed E-state index contributed by atoms with van der Waals surface area (Å²) in [6, 6.07) is 4.21. The third-order valence-corrected chi connectivity index (χ3v) is 3.71. The van der Waals surface area contributed by atoms with Crippen LogP contribution in [0.15, 0.2) is 18.3 Å². The van der Waals surface area contributed by atoms with E-state index >= 15 is 0 Å². The monoisotopic (exact) mass is 225 g/mol. The average Bonchev–Trinajstić information content (AvgIpc) is 2.26. The van der Waals surface area contributed by atoms with Gasteiger partial charge in [-0.15, -0.1) is 0 Å². The zero-order chi connectivity index (χ0) is 11.1. The summed E-state index contributed by atoms with van der Waals surface area (Å²) in [7, 11) is 1.76. The first kappa shape index (κ1) is 12.5. The molecule has 0 amide bonds. The lowest BCUT2D eigenvalue weighted by Gasteiger charge is -2.12. The van der Waals surface area contributed by atoms with E-state index in [2.05, 4.69) is 24.0 Å². The molecule has 2 nitrogen and oxygen atoms in total. The van der Waals surface area contributed by atoms with Gasteiger partial charge in [0, 0.05) is 30.0 Å². The minimum Gasteiger partial charge on any atom is -0.384 e. The number of ether oxygens (including phenoxy) is 1. The number of nitrogens with zero attached hydrogens (tertiary/aromatic N) is 1. The molecule has 1 unspecified atom stereocenters. The van der Waals surface area contributed by atoms with Gasteiger partial charge in [-0.3, -0.25) is 4.98 Å². The second-order valence-electron chi connectivity index (χ2n) is 3.60. The number of aryl methyl sites for hydroxylation is 1. The standard InChI is InChI=1S/C12H19NOS/c1-4-12(8-14-3)15-9-11-6-5-10(2)13-7-11/h5-7,12H,4,8-9H2,1-3H3. The topological polar surface area (TPSA) is 22.1 Å². The van der Waals surface area contributed by atoms with Gasteiger partial charge in [-0.2, -0.15) is 11.8 Å². The lowest BCUT2D eigenvalue weighted by molar-refractivity contribution is 0.198. The van der Waals surface area contributed by atoms with Crippen LogP contribution < -0.4 is 0 Å². The van der Waals surface area contributed by atoms with Crippen molar-refractivity contribution in [3.05, 3.63) is 29.6 Å². The molecule has 0 aliphatic heterocycles. The first-order valence-corrected chi connectivity index (χ1v) is 6.33. The van der Waals surface area contributed by atoms with Crippen molar-refractivity contribution in [1.82, 2.24) is 4.98 Å². The van der Waals surface area contributed by atoms with Gasteiger partial charge >= 0.3 is 0 Å². The van der Waals surface area contributed by atoms with Crippen molar-refractivity contribution in [2.24, 2.45) is 0 Å². The number of pyridine rings is 1. The van der Waals surface area contributed by atoms with Crippen molar-refractivity contribution >= 4 is 11.8 Å². The van der Waals surface area contributed by atoms with E-state index in [9.17, 15) is 0 Å². The van der Waals surface area contributed by atoms with Crippen LogP contribution >= 0.6 is 11.8 Å². The van der Waals surface area contributed by atoms with Crippen molar-refractivity contribution in [2.75, 3.05) is 13.7 Å². The lowest BCUT2D eigenvalue weighted by atomic mass is 10.3. The summed E-state index contributed by atoms with van der Waals surface area (Å²) in [5.74, 6) is 1.02. The summed E-state index contributed by atoms with van der Waals surface area (Å²) in [4.78, 5) is 4.28. The molecule has 84 valence electrons. The van der Waals surface area contributed by atoms with Crippen LogP contribution in [0.3, 0.4) is 0 Å². The second-order valence-corrected chi connectivity index (χ2v) is 4.89. The summed E-state index contributed by atoms with van der Waals surface area (Å²) in [5.41, 5.74) is 2.37. The van der Waals surface area contributed by atoms with E-state index in [1.54, 1.807) is 7.11 Å². The van der Waals surface area contributed by atoms with Crippen molar-refractivity contribution in [1.29, 1.82) is 0 Å². The molecule has 1 aromatic heterocycles. The van der Waals surface area contributed by atoms with Gasteiger partial charge in [0.1, 0.15) is 0 Å². The lowest BCUT2D eigenvalue weighted by Crippen LogP contribution is -2.09. The Kier molecular flexibility index (Phi) is 5.73. The second kappa shape index (κ2) is 6.85. The van der Waals surface area contributed by atoms with E-state index in [0.29, 0.717) is 5.25 Å². The van der Waals surface area contributed by atoms with Gasteiger partial charge < -0.3 is 4.74 Å². The molecule has 0 aromatic carbocycles. The zero-order valence-corrected chi connectivity index (χ0v) is 10.5. The molecule has 1 rings (SSSR count). The van der Waals surface area contributed by atoms with Crippen LogP contribution in [0.4, 0.5) is 0 Å². The maximum Gasteiger partial charge on any atom is 0.0581 e. The first-order chi connectivity index (χ1) is 7.26. The molecule has 0 aliphatic carbocycles. The van der Waals surface area contributed by atoms with Crippen LogP contribution in [0.5, 0.6) is 0 Å². The molecule has 0 saturated heterocycles. The number of thioether (sulfide) groups is 1. The summed E-state index contributed by atoms with van der Waals surface area (Å²) in [6.45, 7) is 5.04. The molecule has 1 heterocycles. The van der Waals surface area contributed by atoms with Crippen LogP contribution in [0.25, 0.3) is 0 Å². The van der Waals surface area contributed by atoms with Crippen LogP contribution in [0.1, 0.15) is 24.6 Å². The SMILES string of the molecule is CCC(COC)SCc1ccc(C)nc1. The fourth-order valence-corrected chi connectivity index (χ4v) is 2.33. The summed E-state index contributed by atoms with van der Waals surface area (Å²) in [5, 5.41) is 0.594. The molecule has 1 atom stereocenters. The molecule has 0 N–H and O–H groups in total. The highest BCUT2D eigenvalue weighted by molar-refractivity contribution is 7.99. The van der Waals surface area contributed by atoms with E-state index in [1.165, 1.54) is 5.56 Å². The number of hydrogen-bond donors (Lipinski definition) is 0. The van der Waals surface area contributed by atoms with Crippen LogP contribution in [-0.4, -0.2) is 24.0 Å². The fraction of sp³-hybridized carbons (Fsp3) is 0.583. The Hall–Kier alpha value is -0.540. The fourth-order valence-electron chi connectivity index (χ4n) is 1.27. The smallest absolute Gasteiger partial charge is 0.0581 e. The quantitative estimate of drug-likeness (QED) is 0.743. The Morgan fingerprint density at radius 3 is 2.80 bits per heavy atom. The highest BCUT2D eigenvalue weighted by atomic mass is 32.2. The number of rotatable bonds is 6. The van der Waals surface area contributed by atoms with E-state index < -0.39 is 0 Å². The predicted molar refractivity (Wildman–Crippen MR) is 66.2 cm³/mol. The number of aromatic nitrogens is 1. The molecule has 0 bridgehead atoms. The largest absolute Gasteiger partial charge is 0.384 e. The Labute approximate surface area is 96.4 Å². The Morgan fingerprint density at radius 1 is 1.47 bits per heavy atom. The molecular formula is C12H19NOS. The Balaban J connectivity index is 2.38. The van der Waals surface area contributed by atoms with Crippen molar-refractivity contribution in [3.63, 3.8) is 0 Å². The molecule has 3 heteroatoms. The summed E-state index contributed by atoms with van der Waals surface area (Å²) >= 11 is 1.94. The molecule has 0 fully saturated rings. The normalized spacial score (nSPS) is 12.7. The Bertz CT molecular complexity index is 273. The van der Waals surface area contributed by atoms with Crippen molar-refractivity contribution in [2.45, 2.75) is 31.3 Å². The number of methoxy groups -OCH3 is 1. The van der Waals surface area contributed by atoms with Crippen LogP contribution in [0, 0.1) is 6.92 Å². The highest BCUT2D eigenvalue weighted by Crippen LogP contribution is 2.20. The molecule has 15 heavy (non-hydrogen) atoms. The third kappa shape index (κ3) is 4.67. The molecule has 0 saturated carbocycles. The minimum absolute atomic E-state index is 0.594. The van der Waals surface area contributed by atoms with E-state index in [0.717, 1.165) is 24.5 Å². The van der Waals surface area contributed by atoms with E-state index in [-0.39, 0.29) is 0 Å². The maximum atomic E-state index is 5.17. The van der Waals surface area contributed by atoms with Gasteiger partial charge in [-0.05, 0) is 25.0 Å². The maximum absolute atomic E-state index is 5.17. The molecular weight excluding hydrogens is 206 g/mol. The molecule has 1 aromatic rings. The highest BCUT2D eigenvalue weighted by Gasteiger charge is 2.06. The van der Waals surface area contributed by atoms with Crippen molar-refractivity contribution in [3.8, 4) is 0 Å². The first-order valence-electron chi connectivity index (χ1n) is 5.28. The minimum atomic E-state index is 0.594. The van der Waals surface area contributed by atoms with Gasteiger partial charge in [0.2, 0.25) is 0 Å². The molecule has 0 radical (unpaired) electrons. The summed E-state index contributed by atoms with van der Waals surface area (Å²) < 4.78 is 5.17. The van der Waals surface area contributed by atoms with Crippen molar-refractivity contribution < 1.29 is 4.74 Å². The predicted octanol–water partition coefficient (Wildman–Crippen LogP) is 3.05. The van der Waals surface area contributed by atoms with E-state index in [4.69, 9.17) is 4.74 Å². The molecule has 0 aliphatic rings. The van der Waals surface area contributed by atoms with Gasteiger partial charge in [-0.1, -0.05) is 13.0 Å². The van der Waals surface area contributed by atoms with Gasteiger partial charge in [-0.25, -0.2) is 0 Å². The molecule has 0 spiro atoms. The van der Waals surface area contributed by atoms with Gasteiger partial charge in [0.15, 0.2) is 0 Å². The van der Waals surface area contributed by atoms with Gasteiger partial charge in [0.05, 0.1) is 6.61 Å². The van der Waals surface area contributed by atoms with Gasteiger partial charge in [0.25, 0.3) is 0 Å².